The Morgan fingerprint density at radius 2 is 2.00 bits per heavy atom. The van der Waals surface area contributed by atoms with Crippen LogP contribution in [0.25, 0.3) is 0 Å². The van der Waals surface area contributed by atoms with Crippen molar-refractivity contribution >= 4 is 0 Å². The molecule has 4 heteroatoms. The Kier molecular flexibility index (Phi) is 4.38. The van der Waals surface area contributed by atoms with E-state index in [0.29, 0.717) is 18.4 Å². The lowest BCUT2D eigenvalue weighted by atomic mass is 9.91. The fraction of sp³-hybridized carbons (Fsp3) is 1.00. The van der Waals surface area contributed by atoms with Crippen molar-refractivity contribution in [3.8, 4) is 0 Å². The predicted molar refractivity (Wildman–Crippen MR) is 60.9 cm³/mol. The number of nitrogens with one attached hydrogen (secondary N) is 2. The van der Waals surface area contributed by atoms with Gasteiger partial charge in [0.05, 0.1) is 0 Å². The molecule has 0 amide bonds. The number of piperazine rings is 1. The summed E-state index contributed by atoms with van der Waals surface area (Å²) in [7, 11) is 0. The van der Waals surface area contributed by atoms with Gasteiger partial charge >= 0.3 is 0 Å². The SMILES string of the molecule is OCC(CN1CCNCC1)C1CCNC1. The number of hydrogen-bond donors (Lipinski definition) is 3. The van der Waals surface area contributed by atoms with Gasteiger partial charge in [0.2, 0.25) is 0 Å². The second-order valence-corrected chi connectivity index (χ2v) is 4.75. The topological polar surface area (TPSA) is 47.5 Å². The average Bonchev–Trinajstić information content (AvgIpc) is 2.81. The standard InChI is InChI=1S/C11H23N3O/c15-9-11(10-1-2-13-7-10)8-14-5-3-12-4-6-14/h10-13,15H,1-9H2. The van der Waals surface area contributed by atoms with Crippen LogP contribution in [0.15, 0.2) is 0 Å². The lowest BCUT2D eigenvalue weighted by Crippen LogP contribution is -2.46. The van der Waals surface area contributed by atoms with Crippen molar-refractivity contribution in [2.24, 2.45) is 11.8 Å². The van der Waals surface area contributed by atoms with Gasteiger partial charge in [0, 0.05) is 39.3 Å². The molecule has 2 unspecified atom stereocenters. The summed E-state index contributed by atoms with van der Waals surface area (Å²) < 4.78 is 0. The van der Waals surface area contributed by atoms with Crippen LogP contribution in [0.5, 0.6) is 0 Å². The summed E-state index contributed by atoms with van der Waals surface area (Å²) in [5.74, 6) is 1.16. The zero-order valence-electron chi connectivity index (χ0n) is 9.41. The molecule has 88 valence electrons. The van der Waals surface area contributed by atoms with Crippen LogP contribution in [0, 0.1) is 11.8 Å². The first kappa shape index (κ1) is 11.3. The Labute approximate surface area is 92.0 Å². The van der Waals surface area contributed by atoms with E-state index in [1.165, 1.54) is 6.42 Å². The van der Waals surface area contributed by atoms with Crippen LogP contribution in [-0.4, -0.2) is 62.4 Å². The third kappa shape index (κ3) is 3.14. The summed E-state index contributed by atoms with van der Waals surface area (Å²) >= 11 is 0. The van der Waals surface area contributed by atoms with Gasteiger partial charge in [0.25, 0.3) is 0 Å². The first-order valence-corrected chi connectivity index (χ1v) is 6.15. The van der Waals surface area contributed by atoms with Gasteiger partial charge in [0.1, 0.15) is 0 Å². The molecule has 4 nitrogen and oxygen atoms in total. The molecule has 0 bridgehead atoms. The lowest BCUT2D eigenvalue weighted by molar-refractivity contribution is 0.119. The number of aliphatic hydroxyl groups is 1. The van der Waals surface area contributed by atoms with E-state index < -0.39 is 0 Å². The summed E-state index contributed by atoms with van der Waals surface area (Å²) in [6.45, 7) is 8.11. The van der Waals surface area contributed by atoms with Gasteiger partial charge < -0.3 is 20.6 Å². The third-order valence-corrected chi connectivity index (χ3v) is 3.70. The molecule has 0 radical (unpaired) electrons. The molecule has 2 aliphatic rings. The van der Waals surface area contributed by atoms with Crippen LogP contribution in [-0.2, 0) is 0 Å². The third-order valence-electron chi connectivity index (χ3n) is 3.70. The second kappa shape index (κ2) is 5.80. The minimum Gasteiger partial charge on any atom is -0.396 e. The molecular formula is C11H23N3O. The highest BCUT2D eigenvalue weighted by atomic mass is 16.3. The quantitative estimate of drug-likeness (QED) is 0.567. The lowest BCUT2D eigenvalue weighted by Gasteiger charge is -2.32. The van der Waals surface area contributed by atoms with Gasteiger partial charge in [0.15, 0.2) is 0 Å². The van der Waals surface area contributed by atoms with Crippen molar-refractivity contribution < 1.29 is 5.11 Å². The molecule has 0 spiro atoms. The Morgan fingerprint density at radius 1 is 1.20 bits per heavy atom. The largest absolute Gasteiger partial charge is 0.396 e. The van der Waals surface area contributed by atoms with Crippen LogP contribution in [0.4, 0.5) is 0 Å². The second-order valence-electron chi connectivity index (χ2n) is 4.75. The monoisotopic (exact) mass is 213 g/mol. The maximum absolute atomic E-state index is 9.45. The van der Waals surface area contributed by atoms with Gasteiger partial charge in [-0.3, -0.25) is 0 Å². The summed E-state index contributed by atoms with van der Waals surface area (Å²) in [4.78, 5) is 2.48. The zero-order chi connectivity index (χ0) is 10.5. The van der Waals surface area contributed by atoms with Crippen molar-refractivity contribution in [3.63, 3.8) is 0 Å². The maximum Gasteiger partial charge on any atom is 0.0474 e. The first-order valence-electron chi connectivity index (χ1n) is 6.15. The smallest absolute Gasteiger partial charge is 0.0474 e. The fourth-order valence-electron chi connectivity index (χ4n) is 2.66. The van der Waals surface area contributed by atoms with Gasteiger partial charge in [-0.15, -0.1) is 0 Å². The first-order chi connectivity index (χ1) is 7.40. The molecule has 3 N–H and O–H groups in total. The van der Waals surface area contributed by atoms with Crippen LogP contribution < -0.4 is 10.6 Å². The van der Waals surface area contributed by atoms with E-state index in [0.717, 1.165) is 45.8 Å². The van der Waals surface area contributed by atoms with Crippen molar-refractivity contribution in [1.82, 2.24) is 15.5 Å². The van der Waals surface area contributed by atoms with E-state index in [9.17, 15) is 5.11 Å². The van der Waals surface area contributed by atoms with Crippen LogP contribution in [0.1, 0.15) is 6.42 Å². The van der Waals surface area contributed by atoms with Gasteiger partial charge in [-0.25, -0.2) is 0 Å². The van der Waals surface area contributed by atoms with E-state index in [2.05, 4.69) is 15.5 Å². The van der Waals surface area contributed by atoms with Gasteiger partial charge in [-0.05, 0) is 31.3 Å². The number of aliphatic hydroxyl groups excluding tert-OH is 1. The predicted octanol–water partition coefficient (Wildman–Crippen LogP) is -0.890. The minimum atomic E-state index is 0.344. The Bertz CT molecular complexity index is 177. The van der Waals surface area contributed by atoms with Gasteiger partial charge in [-0.1, -0.05) is 0 Å². The molecule has 2 atom stereocenters. The minimum absolute atomic E-state index is 0.344. The average molecular weight is 213 g/mol. The number of hydrogen-bond acceptors (Lipinski definition) is 4. The van der Waals surface area contributed by atoms with Crippen molar-refractivity contribution in [2.75, 3.05) is 52.4 Å². The van der Waals surface area contributed by atoms with E-state index in [4.69, 9.17) is 0 Å². The number of rotatable bonds is 4. The van der Waals surface area contributed by atoms with Crippen molar-refractivity contribution in [3.05, 3.63) is 0 Å². The number of nitrogens with zero attached hydrogens (tertiary/aromatic N) is 1. The molecule has 2 heterocycles. The fourth-order valence-corrected chi connectivity index (χ4v) is 2.66. The highest BCUT2D eigenvalue weighted by Gasteiger charge is 2.26. The van der Waals surface area contributed by atoms with E-state index in [-0.39, 0.29) is 0 Å². The maximum atomic E-state index is 9.45. The molecule has 2 saturated heterocycles. The van der Waals surface area contributed by atoms with Crippen LogP contribution in [0.2, 0.25) is 0 Å². The highest BCUT2D eigenvalue weighted by molar-refractivity contribution is 4.81. The molecule has 0 aliphatic carbocycles. The molecule has 0 aromatic heterocycles. The summed E-state index contributed by atoms with van der Waals surface area (Å²) in [6.07, 6.45) is 1.23. The van der Waals surface area contributed by atoms with Crippen molar-refractivity contribution in [1.29, 1.82) is 0 Å². The van der Waals surface area contributed by atoms with Crippen LogP contribution >= 0.6 is 0 Å². The molecule has 2 aliphatic heterocycles. The molecule has 0 saturated carbocycles. The van der Waals surface area contributed by atoms with E-state index >= 15 is 0 Å². The Balaban J connectivity index is 1.78. The zero-order valence-corrected chi connectivity index (χ0v) is 9.41. The van der Waals surface area contributed by atoms with E-state index in [1.807, 2.05) is 0 Å². The molecule has 0 aromatic carbocycles. The Morgan fingerprint density at radius 3 is 2.60 bits per heavy atom. The molecule has 2 rings (SSSR count). The molecule has 2 fully saturated rings. The van der Waals surface area contributed by atoms with Crippen molar-refractivity contribution in [2.45, 2.75) is 6.42 Å². The molecule has 0 aromatic rings. The summed E-state index contributed by atoms with van der Waals surface area (Å²) in [6, 6.07) is 0. The Hall–Kier alpha value is -0.160. The molecule has 15 heavy (non-hydrogen) atoms. The molecular weight excluding hydrogens is 190 g/mol. The highest BCUT2D eigenvalue weighted by Crippen LogP contribution is 2.19. The normalized spacial score (nSPS) is 30.6. The summed E-state index contributed by atoms with van der Waals surface area (Å²) in [5, 5.41) is 16.2. The van der Waals surface area contributed by atoms with Crippen LogP contribution in [0.3, 0.4) is 0 Å². The summed E-state index contributed by atoms with van der Waals surface area (Å²) in [5.41, 5.74) is 0. The van der Waals surface area contributed by atoms with E-state index in [1.54, 1.807) is 0 Å². The van der Waals surface area contributed by atoms with Gasteiger partial charge in [-0.2, -0.15) is 0 Å².